The van der Waals surface area contributed by atoms with Gasteiger partial charge < -0.3 is 5.32 Å². The summed E-state index contributed by atoms with van der Waals surface area (Å²) in [6.07, 6.45) is 4.70. The van der Waals surface area contributed by atoms with E-state index in [4.69, 9.17) is 23.2 Å². The number of rotatable bonds is 4. The van der Waals surface area contributed by atoms with E-state index in [2.05, 4.69) is 17.3 Å². The highest BCUT2D eigenvalue weighted by Gasteiger charge is 2.11. The number of halogens is 2. The summed E-state index contributed by atoms with van der Waals surface area (Å²) >= 11 is 12.0. The first-order valence-corrected chi connectivity index (χ1v) is 6.56. The van der Waals surface area contributed by atoms with Gasteiger partial charge in [0, 0.05) is 13.2 Å². The van der Waals surface area contributed by atoms with Gasteiger partial charge in [-0.15, -0.1) is 0 Å². The van der Waals surface area contributed by atoms with Crippen molar-refractivity contribution in [2.24, 2.45) is 7.05 Å². The molecule has 96 valence electrons. The summed E-state index contributed by atoms with van der Waals surface area (Å²) in [6.45, 7) is 2.12. The van der Waals surface area contributed by atoms with Crippen molar-refractivity contribution in [3.63, 3.8) is 0 Å². The molecule has 2 rings (SSSR count). The van der Waals surface area contributed by atoms with Crippen molar-refractivity contribution >= 4 is 28.9 Å². The van der Waals surface area contributed by atoms with Crippen molar-refractivity contribution in [3.8, 4) is 0 Å². The maximum absolute atomic E-state index is 6.05. The van der Waals surface area contributed by atoms with E-state index in [-0.39, 0.29) is 6.04 Å². The summed E-state index contributed by atoms with van der Waals surface area (Å²) in [5.74, 6) is 0. The molecule has 1 aromatic carbocycles. The second-order valence-electron chi connectivity index (χ2n) is 4.18. The number of anilines is 1. The van der Waals surface area contributed by atoms with Crippen LogP contribution in [0.3, 0.4) is 0 Å². The van der Waals surface area contributed by atoms with Gasteiger partial charge in [0.1, 0.15) is 0 Å². The van der Waals surface area contributed by atoms with Crippen LogP contribution < -0.4 is 5.32 Å². The molecule has 0 aliphatic rings. The minimum atomic E-state index is 0.198. The third-order valence-electron chi connectivity index (χ3n) is 2.80. The van der Waals surface area contributed by atoms with Crippen LogP contribution >= 0.6 is 23.2 Å². The monoisotopic (exact) mass is 283 g/mol. The van der Waals surface area contributed by atoms with Gasteiger partial charge in [-0.05, 0) is 24.1 Å². The summed E-state index contributed by atoms with van der Waals surface area (Å²) in [7, 11) is 1.89. The van der Waals surface area contributed by atoms with E-state index in [1.54, 1.807) is 10.9 Å². The fourth-order valence-electron chi connectivity index (χ4n) is 1.85. The SMILES string of the molecule is CCC(Nc1cnn(C)c1)c1ccc(Cl)c(Cl)c1. The number of hydrogen-bond acceptors (Lipinski definition) is 2. The first kappa shape index (κ1) is 13.2. The maximum Gasteiger partial charge on any atom is 0.0731 e. The van der Waals surface area contributed by atoms with Gasteiger partial charge in [-0.2, -0.15) is 5.10 Å². The highest BCUT2D eigenvalue weighted by molar-refractivity contribution is 6.42. The van der Waals surface area contributed by atoms with E-state index in [1.165, 1.54) is 0 Å². The molecule has 1 aromatic heterocycles. The number of nitrogens with one attached hydrogen (secondary N) is 1. The van der Waals surface area contributed by atoms with Crippen molar-refractivity contribution in [3.05, 3.63) is 46.2 Å². The Kier molecular flexibility index (Phi) is 4.15. The van der Waals surface area contributed by atoms with E-state index in [0.29, 0.717) is 10.0 Å². The summed E-state index contributed by atoms with van der Waals surface area (Å²) < 4.78 is 1.77. The van der Waals surface area contributed by atoms with Crippen LogP contribution in [0.1, 0.15) is 24.9 Å². The molecule has 18 heavy (non-hydrogen) atoms. The van der Waals surface area contributed by atoms with Crippen LogP contribution in [0.2, 0.25) is 10.0 Å². The highest BCUT2D eigenvalue weighted by atomic mass is 35.5. The Labute approximate surface area is 117 Å². The molecule has 1 heterocycles. The standard InChI is InChI=1S/C13H15Cl2N3/c1-3-13(17-10-7-16-18(2)8-10)9-4-5-11(14)12(15)6-9/h4-8,13,17H,3H2,1-2H3. The van der Waals surface area contributed by atoms with E-state index < -0.39 is 0 Å². The molecule has 0 radical (unpaired) electrons. The molecule has 0 fully saturated rings. The first-order chi connectivity index (χ1) is 8.60. The molecule has 0 amide bonds. The lowest BCUT2D eigenvalue weighted by molar-refractivity contribution is 0.747. The number of aromatic nitrogens is 2. The number of hydrogen-bond donors (Lipinski definition) is 1. The zero-order chi connectivity index (χ0) is 13.1. The largest absolute Gasteiger partial charge is 0.376 e. The topological polar surface area (TPSA) is 29.9 Å². The van der Waals surface area contributed by atoms with Gasteiger partial charge in [-0.25, -0.2) is 0 Å². The van der Waals surface area contributed by atoms with Crippen molar-refractivity contribution in [2.45, 2.75) is 19.4 Å². The lowest BCUT2D eigenvalue weighted by Gasteiger charge is -2.18. The lowest BCUT2D eigenvalue weighted by Crippen LogP contribution is -2.09. The fraction of sp³-hybridized carbons (Fsp3) is 0.308. The van der Waals surface area contributed by atoms with E-state index in [1.807, 2.05) is 31.4 Å². The van der Waals surface area contributed by atoms with Crippen molar-refractivity contribution in [2.75, 3.05) is 5.32 Å². The van der Waals surface area contributed by atoms with Crippen LogP contribution in [0.4, 0.5) is 5.69 Å². The molecule has 0 bridgehead atoms. The summed E-state index contributed by atoms with van der Waals surface area (Å²) in [5.41, 5.74) is 2.12. The van der Waals surface area contributed by atoms with Crippen molar-refractivity contribution < 1.29 is 0 Å². The predicted molar refractivity (Wildman–Crippen MR) is 76.3 cm³/mol. The molecule has 0 aliphatic carbocycles. The Hall–Kier alpha value is -1.19. The Balaban J connectivity index is 2.19. The molecule has 0 spiro atoms. The van der Waals surface area contributed by atoms with Gasteiger partial charge in [0.25, 0.3) is 0 Å². The van der Waals surface area contributed by atoms with Crippen LogP contribution in [-0.4, -0.2) is 9.78 Å². The van der Waals surface area contributed by atoms with Gasteiger partial charge in [0.2, 0.25) is 0 Å². The Bertz CT molecular complexity index is 537. The molecule has 3 nitrogen and oxygen atoms in total. The van der Waals surface area contributed by atoms with E-state index in [0.717, 1.165) is 17.7 Å². The minimum Gasteiger partial charge on any atom is -0.376 e. The van der Waals surface area contributed by atoms with Gasteiger partial charge in [0.05, 0.1) is 28.0 Å². The summed E-state index contributed by atoms with van der Waals surface area (Å²) in [6, 6.07) is 5.92. The number of nitrogens with zero attached hydrogens (tertiary/aromatic N) is 2. The summed E-state index contributed by atoms with van der Waals surface area (Å²) in [4.78, 5) is 0. The van der Waals surface area contributed by atoms with Crippen LogP contribution in [0.15, 0.2) is 30.6 Å². The molecule has 1 N–H and O–H groups in total. The normalized spacial score (nSPS) is 12.4. The molecule has 2 aromatic rings. The van der Waals surface area contributed by atoms with Crippen LogP contribution in [-0.2, 0) is 7.05 Å². The summed E-state index contributed by atoms with van der Waals surface area (Å²) in [5, 5.41) is 8.73. The Morgan fingerprint density at radius 1 is 1.33 bits per heavy atom. The molecule has 0 aliphatic heterocycles. The van der Waals surface area contributed by atoms with Crippen molar-refractivity contribution in [1.29, 1.82) is 0 Å². The van der Waals surface area contributed by atoms with Crippen LogP contribution in [0.25, 0.3) is 0 Å². The average Bonchev–Trinajstić information content (AvgIpc) is 2.75. The Morgan fingerprint density at radius 2 is 2.11 bits per heavy atom. The van der Waals surface area contributed by atoms with Crippen molar-refractivity contribution in [1.82, 2.24) is 9.78 Å². The zero-order valence-electron chi connectivity index (χ0n) is 10.3. The van der Waals surface area contributed by atoms with Crippen LogP contribution in [0, 0.1) is 0 Å². The fourth-order valence-corrected chi connectivity index (χ4v) is 2.15. The molecule has 0 saturated carbocycles. The van der Waals surface area contributed by atoms with E-state index >= 15 is 0 Å². The quantitative estimate of drug-likeness (QED) is 0.907. The zero-order valence-corrected chi connectivity index (χ0v) is 11.8. The first-order valence-electron chi connectivity index (χ1n) is 5.80. The molecular weight excluding hydrogens is 269 g/mol. The molecule has 1 unspecified atom stereocenters. The second-order valence-corrected chi connectivity index (χ2v) is 5.00. The van der Waals surface area contributed by atoms with Gasteiger partial charge in [-0.3, -0.25) is 4.68 Å². The number of benzene rings is 1. The average molecular weight is 284 g/mol. The van der Waals surface area contributed by atoms with Gasteiger partial charge >= 0.3 is 0 Å². The molecule has 5 heteroatoms. The highest BCUT2D eigenvalue weighted by Crippen LogP contribution is 2.28. The smallest absolute Gasteiger partial charge is 0.0731 e. The van der Waals surface area contributed by atoms with Gasteiger partial charge in [-0.1, -0.05) is 36.2 Å². The molecule has 1 atom stereocenters. The molecular formula is C13H15Cl2N3. The maximum atomic E-state index is 6.05. The third kappa shape index (κ3) is 2.98. The van der Waals surface area contributed by atoms with E-state index in [9.17, 15) is 0 Å². The van der Waals surface area contributed by atoms with Crippen LogP contribution in [0.5, 0.6) is 0 Å². The number of aryl methyl sites for hydroxylation is 1. The van der Waals surface area contributed by atoms with Gasteiger partial charge in [0.15, 0.2) is 0 Å². The Morgan fingerprint density at radius 3 is 2.67 bits per heavy atom. The third-order valence-corrected chi connectivity index (χ3v) is 3.54. The lowest BCUT2D eigenvalue weighted by atomic mass is 10.0. The molecule has 0 saturated heterocycles. The predicted octanol–water partition coefficient (Wildman–Crippen LogP) is 4.29. The minimum absolute atomic E-state index is 0.198. The second kappa shape index (κ2) is 5.63.